The van der Waals surface area contributed by atoms with Crippen molar-refractivity contribution in [3.8, 4) is 26.3 Å². The first-order chi connectivity index (χ1) is 45.0. The van der Waals surface area contributed by atoms with Gasteiger partial charge in [0.15, 0.2) is 0 Å². The van der Waals surface area contributed by atoms with Gasteiger partial charge in [-0.1, -0.05) is 207 Å². The van der Waals surface area contributed by atoms with E-state index in [1.165, 1.54) is 280 Å². The van der Waals surface area contributed by atoms with Gasteiger partial charge in [0.1, 0.15) is 0 Å². The molecule has 0 fully saturated rings. The molecule has 0 radical (unpaired) electrons. The fourth-order valence-corrected chi connectivity index (χ4v) is 23.9. The summed E-state index contributed by atoms with van der Waals surface area (Å²) >= 11 is -2.06. The van der Waals surface area contributed by atoms with Crippen molar-refractivity contribution in [2.24, 2.45) is 11.8 Å². The van der Waals surface area contributed by atoms with Crippen LogP contribution in [0.25, 0.3) is 49.5 Å². The molecule has 0 bridgehead atoms. The summed E-state index contributed by atoms with van der Waals surface area (Å²) in [5.41, 5.74) is 3.50. The third kappa shape index (κ3) is 29.4. The van der Waals surface area contributed by atoms with Gasteiger partial charge in [-0.2, -0.15) is 0 Å². The summed E-state index contributed by atoms with van der Waals surface area (Å²) in [6.07, 6.45) is 64.6. The maximum atomic E-state index is 15.8. The molecule has 0 aliphatic rings. The number of pyridine rings is 2. The SMILES string of the molecule is CCCCCCCCCCCCC(CCCCCCCCCC)CCCCn1c(=O)c(-c2ccc(C)[te]2)cc2c1cc(-c1ccc(-c3cc(F)c(/C=C/c4[se]c(C)cc4F)[se]3)[te]1)c(=O)n2CCCCC(CCCCCCCCCC)CCCCCCCCCCCC. The Morgan fingerprint density at radius 2 is 0.696 bits per heavy atom. The summed E-state index contributed by atoms with van der Waals surface area (Å²) in [5.74, 6) is 1.04. The van der Waals surface area contributed by atoms with Crippen LogP contribution in [0.2, 0.25) is 0 Å². The molecule has 6 aromatic heterocycles. The van der Waals surface area contributed by atoms with E-state index in [0.29, 0.717) is 22.0 Å². The minimum atomic E-state index is -1.06. The Kier molecular flexibility index (Phi) is 41.5. The summed E-state index contributed by atoms with van der Waals surface area (Å²) in [5, 5.41) is 0. The monoisotopic (exact) mass is 1630 g/mol. The zero-order chi connectivity index (χ0) is 65.4. The van der Waals surface area contributed by atoms with Crippen LogP contribution >= 0.6 is 0 Å². The van der Waals surface area contributed by atoms with Crippen molar-refractivity contribution < 1.29 is 8.78 Å². The first-order valence-electron chi connectivity index (χ1n) is 38.3. The minimum absolute atomic E-state index is 0.0546. The van der Waals surface area contributed by atoms with E-state index in [-0.39, 0.29) is 51.8 Å². The molecule has 0 N–H and O–H groups in total. The van der Waals surface area contributed by atoms with E-state index >= 15 is 14.0 Å². The van der Waals surface area contributed by atoms with Crippen molar-refractivity contribution in [1.29, 1.82) is 0 Å². The molecular weight excluding hydrogens is 1500 g/mol. The smallest absolute Gasteiger partial charge is 0.0654 e. The summed E-state index contributed by atoms with van der Waals surface area (Å²) < 4.78 is 42.8. The number of aryl methyl sites for hydroxylation is 4. The van der Waals surface area contributed by atoms with Gasteiger partial charge in [-0.25, -0.2) is 0 Å². The predicted molar refractivity (Wildman–Crippen MR) is 403 cm³/mol. The number of aromatic nitrogens is 2. The van der Waals surface area contributed by atoms with Crippen LogP contribution in [0.4, 0.5) is 8.78 Å². The Balaban J connectivity index is 1.26. The molecule has 0 saturated heterocycles. The van der Waals surface area contributed by atoms with Gasteiger partial charge in [-0.3, -0.25) is 0 Å². The van der Waals surface area contributed by atoms with E-state index in [4.69, 9.17) is 0 Å². The topological polar surface area (TPSA) is 44.0 Å². The maximum absolute atomic E-state index is 15.8. The van der Waals surface area contributed by atoms with Gasteiger partial charge in [-0.05, 0) is 0 Å². The molecule has 4 nitrogen and oxygen atoms in total. The quantitative estimate of drug-likeness (QED) is 0.0282. The Morgan fingerprint density at radius 1 is 0.380 bits per heavy atom. The molecule has 2 unspecified atom stereocenters. The zero-order valence-corrected chi connectivity index (χ0v) is 67.1. The Labute approximate surface area is 591 Å². The molecule has 10 heteroatoms. The van der Waals surface area contributed by atoms with Crippen LogP contribution in [0, 0.1) is 37.3 Å². The fourth-order valence-electron chi connectivity index (χ4n) is 14.1. The first kappa shape index (κ1) is 79.3. The van der Waals surface area contributed by atoms with Crippen LogP contribution in [0.5, 0.6) is 0 Å². The Morgan fingerprint density at radius 3 is 1.04 bits per heavy atom. The summed E-state index contributed by atoms with van der Waals surface area (Å²) in [7, 11) is 0. The van der Waals surface area contributed by atoms with E-state index < -0.39 is 40.9 Å². The van der Waals surface area contributed by atoms with Crippen molar-refractivity contribution in [3.05, 3.63) is 97.8 Å². The molecule has 92 heavy (non-hydrogen) atoms. The van der Waals surface area contributed by atoms with Crippen molar-refractivity contribution in [3.63, 3.8) is 0 Å². The Hall–Kier alpha value is -1.70. The van der Waals surface area contributed by atoms with Crippen LogP contribution in [0.15, 0.2) is 58.1 Å². The number of hydrogen-bond acceptors (Lipinski definition) is 2. The summed E-state index contributed by atoms with van der Waals surface area (Å²) in [6, 6.07) is 16.3. The molecule has 0 aromatic carbocycles. The van der Waals surface area contributed by atoms with Gasteiger partial charge in [0.05, 0.1) is 0 Å². The fraction of sp³-hybridized carbons (Fsp3) is 0.683. The van der Waals surface area contributed by atoms with Gasteiger partial charge in [0.25, 0.3) is 0 Å². The van der Waals surface area contributed by atoms with Crippen LogP contribution < -0.4 is 11.1 Å². The number of halogens is 2. The van der Waals surface area contributed by atoms with Crippen LogP contribution in [-0.2, 0) is 13.1 Å². The minimum Gasteiger partial charge on any atom is -0.0654 e. The van der Waals surface area contributed by atoms with E-state index in [1.807, 2.05) is 6.92 Å². The van der Waals surface area contributed by atoms with Gasteiger partial charge >= 0.3 is 389 Å². The summed E-state index contributed by atoms with van der Waals surface area (Å²) in [6.45, 7) is 14.7. The average Bonchev–Trinajstić information content (AvgIpc) is 0.941. The molecule has 6 heterocycles. The van der Waals surface area contributed by atoms with Crippen molar-refractivity contribution in [2.45, 2.75) is 350 Å². The van der Waals surface area contributed by atoms with Crippen molar-refractivity contribution in [2.75, 3.05) is 0 Å². The molecule has 6 aromatic rings. The molecule has 0 aliphatic carbocycles. The number of nitrogens with zero attached hydrogens (tertiary/aromatic N) is 2. The molecule has 0 aliphatic heterocycles. The number of rotatable bonds is 55. The normalized spacial score (nSPS) is 12.7. The molecule has 514 valence electrons. The third-order valence-electron chi connectivity index (χ3n) is 19.8. The second kappa shape index (κ2) is 48.1. The molecule has 0 saturated carbocycles. The van der Waals surface area contributed by atoms with Gasteiger partial charge in [-0.15, -0.1) is 0 Å². The third-order valence-corrected chi connectivity index (χ3v) is 31.3. The Bertz CT molecular complexity index is 3060. The second-order valence-electron chi connectivity index (χ2n) is 27.8. The molecule has 6 rings (SSSR count). The molecule has 0 amide bonds. The van der Waals surface area contributed by atoms with E-state index in [9.17, 15) is 4.39 Å². The van der Waals surface area contributed by atoms with E-state index in [1.54, 1.807) is 24.3 Å². The number of hydrogen-bond donors (Lipinski definition) is 0. The van der Waals surface area contributed by atoms with Gasteiger partial charge in [0, 0.05) is 0 Å². The standard InChI is InChI=1S/C82H126F2N2O2Se2Te2/c1-7-11-15-19-23-27-29-33-37-41-49-67(47-39-35-31-25-21-17-13-9-3)51-43-45-59-85-74-63-70(79-57-58-80(92-79)77-64-72(84)76(90-77)55-54-75-71(83)61-65(5)89-75)82(88)86(73(74)62-69(81(85)87)78-56-53-66(6)91-78)60-46-44-52-68(48-40-36-32-26-22-18-14-10-4)50-42-38-34-30-28-24-20-16-12-8-2/h53-58,61-64,67-68H,7-52,59-60H2,1-6H3/b55-54+. The summed E-state index contributed by atoms with van der Waals surface area (Å²) in [4.78, 5) is 31.0. The van der Waals surface area contributed by atoms with E-state index in [2.05, 4.69) is 80.2 Å². The second-order valence-corrected chi connectivity index (χ2v) is 39.5. The molecule has 0 spiro atoms. The van der Waals surface area contributed by atoms with Crippen LogP contribution in [-0.4, -0.2) is 79.0 Å². The van der Waals surface area contributed by atoms with Crippen molar-refractivity contribution in [1.82, 2.24) is 9.13 Å². The first-order valence-corrected chi connectivity index (χ1v) is 46.4. The zero-order valence-electron chi connectivity index (χ0n) is 59.0. The van der Waals surface area contributed by atoms with Gasteiger partial charge < -0.3 is 0 Å². The molecular formula is C82H126F2N2O2Se2Te2. The van der Waals surface area contributed by atoms with Crippen LogP contribution in [0.3, 0.4) is 0 Å². The van der Waals surface area contributed by atoms with Gasteiger partial charge in [0.2, 0.25) is 0 Å². The van der Waals surface area contributed by atoms with Crippen molar-refractivity contribution >= 4 is 93.1 Å². The number of fused-ring (bicyclic) bond motifs is 1. The predicted octanol–water partition coefficient (Wildman–Crippen LogP) is 24.7. The molecule has 2 atom stereocenters. The van der Waals surface area contributed by atoms with E-state index in [0.717, 1.165) is 72.1 Å². The van der Waals surface area contributed by atoms with Crippen LogP contribution in [0.1, 0.15) is 340 Å². The number of unbranched alkanes of at least 4 members (excludes halogenated alkanes) is 34. The average molecular weight is 1620 g/mol.